The van der Waals surface area contributed by atoms with E-state index in [1.165, 1.54) is 0 Å². The number of halogens is 2. The minimum absolute atomic E-state index is 0.0446. The fraction of sp³-hybridized carbons (Fsp3) is 0.895. The van der Waals surface area contributed by atoms with Gasteiger partial charge < -0.3 is 18.9 Å². The molecule has 0 N–H and O–H groups in total. The van der Waals surface area contributed by atoms with Crippen molar-refractivity contribution >= 4 is 11.9 Å². The van der Waals surface area contributed by atoms with Gasteiger partial charge in [0.1, 0.15) is 12.2 Å². The third-order valence-electron chi connectivity index (χ3n) is 5.07. The molecule has 0 spiro atoms. The first-order valence-electron chi connectivity index (χ1n) is 9.57. The van der Waals surface area contributed by atoms with Crippen molar-refractivity contribution in [1.29, 1.82) is 0 Å². The molecule has 2 atom stereocenters. The lowest BCUT2D eigenvalue weighted by Crippen LogP contribution is -2.47. The monoisotopic (exact) mass is 392 g/mol. The van der Waals surface area contributed by atoms with E-state index in [0.29, 0.717) is 6.92 Å². The fourth-order valence-electron chi connectivity index (χ4n) is 3.76. The van der Waals surface area contributed by atoms with E-state index in [9.17, 15) is 18.4 Å². The summed E-state index contributed by atoms with van der Waals surface area (Å²) in [5.74, 6) is -6.51. The van der Waals surface area contributed by atoms with Crippen molar-refractivity contribution in [3.8, 4) is 0 Å². The number of rotatable bonds is 7. The van der Waals surface area contributed by atoms with E-state index in [1.54, 1.807) is 13.8 Å². The van der Waals surface area contributed by atoms with Crippen LogP contribution in [0.5, 0.6) is 0 Å². The van der Waals surface area contributed by atoms with Crippen molar-refractivity contribution in [2.24, 2.45) is 0 Å². The van der Waals surface area contributed by atoms with Gasteiger partial charge in [-0.25, -0.2) is 4.79 Å². The minimum atomic E-state index is -3.56. The smallest absolute Gasteiger partial charge is 0.376 e. The second-order valence-electron chi connectivity index (χ2n) is 8.02. The van der Waals surface area contributed by atoms with E-state index in [-0.39, 0.29) is 31.0 Å². The van der Waals surface area contributed by atoms with Gasteiger partial charge in [0.2, 0.25) is 0 Å². The SMILES string of the molecule is CCC1(OC(=O)CC2CC(COC(=O)C(C)(F)F)OC(C)(C)O2)CCCC1. The fourth-order valence-corrected chi connectivity index (χ4v) is 3.76. The average molecular weight is 392 g/mol. The topological polar surface area (TPSA) is 71.1 Å². The summed E-state index contributed by atoms with van der Waals surface area (Å²) in [6, 6.07) is 0. The molecule has 1 aliphatic heterocycles. The van der Waals surface area contributed by atoms with Crippen LogP contribution in [0.15, 0.2) is 0 Å². The van der Waals surface area contributed by atoms with Crippen molar-refractivity contribution in [1.82, 2.24) is 0 Å². The lowest BCUT2D eigenvalue weighted by atomic mass is 9.98. The third kappa shape index (κ3) is 6.38. The highest BCUT2D eigenvalue weighted by atomic mass is 19.3. The molecular formula is C19H30F2O6. The molecule has 0 radical (unpaired) electrons. The molecule has 0 aromatic carbocycles. The predicted octanol–water partition coefficient (Wildman–Crippen LogP) is 3.75. The zero-order chi connectivity index (χ0) is 20.3. The van der Waals surface area contributed by atoms with Crippen LogP contribution in [0.25, 0.3) is 0 Å². The molecule has 27 heavy (non-hydrogen) atoms. The van der Waals surface area contributed by atoms with Gasteiger partial charge in [0.25, 0.3) is 0 Å². The Balaban J connectivity index is 1.90. The minimum Gasteiger partial charge on any atom is -0.459 e. The van der Waals surface area contributed by atoms with Crippen molar-refractivity contribution in [2.75, 3.05) is 6.61 Å². The summed E-state index contributed by atoms with van der Waals surface area (Å²) in [5.41, 5.74) is -0.376. The Hall–Kier alpha value is -1.28. The molecule has 2 unspecified atom stereocenters. The van der Waals surface area contributed by atoms with Gasteiger partial charge in [-0.2, -0.15) is 8.78 Å². The van der Waals surface area contributed by atoms with E-state index in [1.807, 2.05) is 6.92 Å². The van der Waals surface area contributed by atoms with Crippen molar-refractivity contribution < 1.29 is 37.3 Å². The van der Waals surface area contributed by atoms with Gasteiger partial charge in [-0.15, -0.1) is 0 Å². The number of alkyl halides is 2. The average Bonchev–Trinajstić information content (AvgIpc) is 2.98. The van der Waals surface area contributed by atoms with E-state index >= 15 is 0 Å². The molecule has 8 heteroatoms. The van der Waals surface area contributed by atoms with Gasteiger partial charge in [0.05, 0.1) is 18.6 Å². The first-order valence-corrected chi connectivity index (χ1v) is 9.57. The van der Waals surface area contributed by atoms with Gasteiger partial charge in [-0.05, 0) is 46.0 Å². The Labute approximate surface area is 158 Å². The van der Waals surface area contributed by atoms with E-state index in [0.717, 1.165) is 32.1 Å². The van der Waals surface area contributed by atoms with Gasteiger partial charge in [0, 0.05) is 13.3 Å². The van der Waals surface area contributed by atoms with E-state index < -0.39 is 29.9 Å². The highest BCUT2D eigenvalue weighted by Gasteiger charge is 2.41. The number of hydrogen-bond donors (Lipinski definition) is 0. The zero-order valence-electron chi connectivity index (χ0n) is 16.5. The van der Waals surface area contributed by atoms with Crippen molar-refractivity contribution in [2.45, 2.75) is 102 Å². The standard InChI is InChI=1S/C19H30F2O6/c1-5-19(8-6-7-9-19)27-15(22)11-13-10-14(26-17(2,3)25-13)12-24-16(23)18(4,20)21/h13-14H,5-12H2,1-4H3. The summed E-state index contributed by atoms with van der Waals surface area (Å²) in [5, 5.41) is 0. The maximum atomic E-state index is 12.9. The van der Waals surface area contributed by atoms with Crippen LogP contribution >= 0.6 is 0 Å². The Morgan fingerprint density at radius 1 is 1.15 bits per heavy atom. The molecular weight excluding hydrogens is 362 g/mol. The van der Waals surface area contributed by atoms with Crippen LogP contribution in [0.1, 0.15) is 72.6 Å². The van der Waals surface area contributed by atoms with Crippen LogP contribution in [0, 0.1) is 0 Å². The zero-order valence-corrected chi connectivity index (χ0v) is 16.5. The quantitative estimate of drug-likeness (QED) is 0.615. The molecule has 1 saturated carbocycles. The van der Waals surface area contributed by atoms with Gasteiger partial charge in [-0.3, -0.25) is 4.79 Å². The Morgan fingerprint density at radius 3 is 2.30 bits per heavy atom. The van der Waals surface area contributed by atoms with Crippen LogP contribution in [0.3, 0.4) is 0 Å². The molecule has 0 amide bonds. The number of carbonyl (C=O) groups is 2. The molecule has 1 saturated heterocycles. The Morgan fingerprint density at radius 2 is 1.74 bits per heavy atom. The number of carbonyl (C=O) groups excluding carboxylic acids is 2. The van der Waals surface area contributed by atoms with Crippen LogP contribution < -0.4 is 0 Å². The highest BCUT2D eigenvalue weighted by molar-refractivity contribution is 5.76. The second kappa shape index (κ2) is 8.39. The number of hydrogen-bond acceptors (Lipinski definition) is 6. The molecule has 6 nitrogen and oxygen atoms in total. The highest BCUT2D eigenvalue weighted by Crippen LogP contribution is 2.37. The van der Waals surface area contributed by atoms with Crippen LogP contribution in [0.2, 0.25) is 0 Å². The van der Waals surface area contributed by atoms with Gasteiger partial charge >= 0.3 is 17.9 Å². The maximum absolute atomic E-state index is 12.9. The maximum Gasteiger partial charge on any atom is 0.376 e. The summed E-state index contributed by atoms with van der Waals surface area (Å²) in [7, 11) is 0. The summed E-state index contributed by atoms with van der Waals surface area (Å²) < 4.78 is 47.7. The van der Waals surface area contributed by atoms with Crippen molar-refractivity contribution in [3.05, 3.63) is 0 Å². The molecule has 2 fully saturated rings. The van der Waals surface area contributed by atoms with Crippen LogP contribution in [0.4, 0.5) is 8.78 Å². The Bertz CT molecular complexity index is 537. The molecule has 0 aromatic rings. The summed E-state index contributed by atoms with van der Waals surface area (Å²) in [6.45, 7) is 5.51. The lowest BCUT2D eigenvalue weighted by molar-refractivity contribution is -0.305. The van der Waals surface area contributed by atoms with Gasteiger partial charge in [-0.1, -0.05) is 6.92 Å². The number of ether oxygens (including phenoxy) is 4. The largest absolute Gasteiger partial charge is 0.459 e. The third-order valence-corrected chi connectivity index (χ3v) is 5.07. The number of esters is 2. The van der Waals surface area contributed by atoms with Crippen LogP contribution in [-0.4, -0.2) is 48.1 Å². The normalized spacial score (nSPS) is 27.2. The predicted molar refractivity (Wildman–Crippen MR) is 92.2 cm³/mol. The molecule has 0 bridgehead atoms. The molecule has 2 rings (SSSR count). The molecule has 2 aliphatic rings. The van der Waals surface area contributed by atoms with Crippen LogP contribution in [-0.2, 0) is 28.5 Å². The first kappa shape index (κ1) is 22.0. The summed E-state index contributed by atoms with van der Waals surface area (Å²) >= 11 is 0. The van der Waals surface area contributed by atoms with E-state index in [4.69, 9.17) is 14.2 Å². The first-order chi connectivity index (χ1) is 12.4. The van der Waals surface area contributed by atoms with E-state index in [2.05, 4.69) is 4.74 Å². The summed E-state index contributed by atoms with van der Waals surface area (Å²) in [6.07, 6.45) is 3.80. The summed E-state index contributed by atoms with van der Waals surface area (Å²) in [4.78, 5) is 23.7. The lowest BCUT2D eigenvalue weighted by Gasteiger charge is -2.40. The Kier molecular flexibility index (Phi) is 6.84. The van der Waals surface area contributed by atoms with Gasteiger partial charge in [0.15, 0.2) is 5.79 Å². The molecule has 0 aromatic heterocycles. The molecule has 1 heterocycles. The molecule has 1 aliphatic carbocycles. The second-order valence-corrected chi connectivity index (χ2v) is 8.02. The van der Waals surface area contributed by atoms with Crippen molar-refractivity contribution in [3.63, 3.8) is 0 Å². The molecule has 156 valence electrons.